The van der Waals surface area contributed by atoms with E-state index >= 15 is 0 Å². The van der Waals surface area contributed by atoms with Gasteiger partial charge >= 0.3 is 0 Å². The van der Waals surface area contributed by atoms with Crippen LogP contribution in [0.15, 0.2) is 0 Å². The molecule has 1 fully saturated rings. The van der Waals surface area contributed by atoms with Crippen LogP contribution in [-0.4, -0.2) is 36.5 Å². The lowest BCUT2D eigenvalue weighted by Crippen LogP contribution is -2.31. The Morgan fingerprint density at radius 2 is 2.00 bits per heavy atom. The Morgan fingerprint density at radius 1 is 1.24 bits per heavy atom. The molecular weight excluding hydrogens is 218 g/mol. The first-order valence-corrected chi connectivity index (χ1v) is 6.58. The summed E-state index contributed by atoms with van der Waals surface area (Å²) < 4.78 is 5.37. The van der Waals surface area contributed by atoms with Crippen LogP contribution in [0.3, 0.4) is 0 Å². The van der Waals surface area contributed by atoms with Gasteiger partial charge in [0.05, 0.1) is 0 Å². The summed E-state index contributed by atoms with van der Waals surface area (Å²) in [5, 5.41) is 0. The van der Waals surface area contributed by atoms with Crippen molar-refractivity contribution in [1.29, 1.82) is 0 Å². The van der Waals surface area contributed by atoms with Crippen LogP contribution < -0.4 is 0 Å². The minimum absolute atomic E-state index is 0.00256. The number of rotatable bonds is 8. The fourth-order valence-corrected chi connectivity index (χ4v) is 1.98. The molecule has 1 saturated heterocycles. The number of carbonyl (C=O) groups excluding carboxylic acids is 2. The van der Waals surface area contributed by atoms with Crippen molar-refractivity contribution >= 4 is 11.8 Å². The number of hydrogen-bond donors (Lipinski definition) is 0. The highest BCUT2D eigenvalue weighted by molar-refractivity contribution is 6.03. The number of hydrogen-bond acceptors (Lipinski definition) is 3. The maximum atomic E-state index is 11.6. The van der Waals surface area contributed by atoms with E-state index in [1.807, 2.05) is 6.92 Å². The zero-order valence-corrected chi connectivity index (χ0v) is 10.9. The van der Waals surface area contributed by atoms with Crippen molar-refractivity contribution < 1.29 is 14.3 Å². The molecule has 0 aromatic heterocycles. The highest BCUT2D eigenvalue weighted by atomic mass is 16.5. The second kappa shape index (κ2) is 7.43. The van der Waals surface area contributed by atoms with Crippen molar-refractivity contribution in [3.8, 4) is 0 Å². The van der Waals surface area contributed by atoms with Crippen LogP contribution in [0.1, 0.15) is 46.0 Å². The first-order valence-electron chi connectivity index (χ1n) is 6.58. The van der Waals surface area contributed by atoms with Gasteiger partial charge in [0, 0.05) is 32.1 Å². The van der Waals surface area contributed by atoms with E-state index < -0.39 is 0 Å². The maximum Gasteiger partial charge on any atom is 0.232 e. The highest BCUT2D eigenvalue weighted by Gasteiger charge is 2.34. The lowest BCUT2D eigenvalue weighted by molar-refractivity contribution is -0.139. The molecule has 0 spiro atoms. The van der Waals surface area contributed by atoms with Crippen LogP contribution in [-0.2, 0) is 14.3 Å². The van der Waals surface area contributed by atoms with Crippen molar-refractivity contribution in [3.63, 3.8) is 0 Å². The van der Waals surface area contributed by atoms with Gasteiger partial charge in [-0.05, 0) is 25.7 Å². The van der Waals surface area contributed by atoms with Crippen molar-refractivity contribution in [2.24, 2.45) is 5.92 Å². The van der Waals surface area contributed by atoms with Crippen molar-refractivity contribution in [2.45, 2.75) is 46.0 Å². The molecule has 98 valence electrons. The number of ether oxygens (including phenoxy) is 1. The Hall–Kier alpha value is -0.900. The molecule has 2 amide bonds. The van der Waals surface area contributed by atoms with E-state index in [1.165, 1.54) is 4.90 Å². The number of carbonyl (C=O) groups is 2. The molecule has 0 aromatic carbocycles. The van der Waals surface area contributed by atoms with Crippen LogP contribution >= 0.6 is 0 Å². The largest absolute Gasteiger partial charge is 0.381 e. The predicted octanol–water partition coefficient (Wildman–Crippen LogP) is 1.98. The Labute approximate surface area is 103 Å². The maximum absolute atomic E-state index is 11.6. The summed E-state index contributed by atoms with van der Waals surface area (Å²) in [4.78, 5) is 24.5. The smallest absolute Gasteiger partial charge is 0.232 e. The number of unbranched alkanes of at least 4 members (excludes halogenated alkanes) is 2. The molecule has 0 bridgehead atoms. The van der Waals surface area contributed by atoms with Crippen LogP contribution in [0.2, 0.25) is 0 Å². The van der Waals surface area contributed by atoms with Gasteiger partial charge in [-0.2, -0.15) is 0 Å². The molecule has 1 rings (SSSR count). The zero-order valence-electron chi connectivity index (χ0n) is 10.9. The van der Waals surface area contributed by atoms with E-state index in [0.717, 1.165) is 38.9 Å². The van der Waals surface area contributed by atoms with Gasteiger partial charge in [-0.3, -0.25) is 14.5 Å². The molecule has 1 aliphatic rings. The number of nitrogens with zero attached hydrogens (tertiary/aromatic N) is 1. The lowest BCUT2D eigenvalue weighted by Gasteiger charge is -2.13. The molecule has 0 saturated carbocycles. The minimum Gasteiger partial charge on any atom is -0.381 e. The molecule has 4 heteroatoms. The van der Waals surface area contributed by atoms with Gasteiger partial charge in [-0.25, -0.2) is 0 Å². The normalized spacial score (nSPS) is 20.4. The summed E-state index contributed by atoms with van der Waals surface area (Å²) in [6.07, 6.45) is 4.34. The third-order valence-electron chi connectivity index (χ3n) is 2.99. The minimum atomic E-state index is -0.115. The third kappa shape index (κ3) is 4.46. The molecule has 4 nitrogen and oxygen atoms in total. The van der Waals surface area contributed by atoms with Crippen molar-refractivity contribution in [2.75, 3.05) is 19.8 Å². The molecule has 0 N–H and O–H groups in total. The first-order chi connectivity index (χ1) is 8.16. The molecule has 0 aromatic rings. The second-order valence-corrected chi connectivity index (χ2v) is 4.66. The number of likely N-dealkylation sites (tertiary alicyclic amines) is 1. The molecule has 1 unspecified atom stereocenters. The standard InChI is InChI=1S/C13H23NO3/c1-3-8-17-9-6-4-5-7-14-12(15)10-11(2)13(14)16/h11H,3-10H2,1-2H3. The first kappa shape index (κ1) is 14.2. The van der Waals surface area contributed by atoms with E-state index in [0.29, 0.717) is 13.0 Å². The van der Waals surface area contributed by atoms with Crippen LogP contribution in [0.4, 0.5) is 0 Å². The van der Waals surface area contributed by atoms with Crippen molar-refractivity contribution in [1.82, 2.24) is 4.90 Å². The lowest BCUT2D eigenvalue weighted by atomic mass is 10.1. The van der Waals surface area contributed by atoms with Crippen molar-refractivity contribution in [3.05, 3.63) is 0 Å². The topological polar surface area (TPSA) is 46.6 Å². The zero-order chi connectivity index (χ0) is 12.7. The predicted molar refractivity (Wildman–Crippen MR) is 65.5 cm³/mol. The summed E-state index contributed by atoms with van der Waals surface area (Å²) in [6.45, 7) is 6.09. The van der Waals surface area contributed by atoms with Gasteiger partial charge in [-0.15, -0.1) is 0 Å². The van der Waals surface area contributed by atoms with E-state index in [-0.39, 0.29) is 17.7 Å². The summed E-state index contributed by atoms with van der Waals surface area (Å²) in [6, 6.07) is 0. The van der Waals surface area contributed by atoms with Gasteiger partial charge < -0.3 is 4.74 Å². The number of imide groups is 1. The fourth-order valence-electron chi connectivity index (χ4n) is 1.98. The van der Waals surface area contributed by atoms with E-state index in [9.17, 15) is 9.59 Å². The monoisotopic (exact) mass is 241 g/mol. The Balaban J connectivity index is 2.06. The molecule has 17 heavy (non-hydrogen) atoms. The van der Waals surface area contributed by atoms with Crippen LogP contribution in [0.5, 0.6) is 0 Å². The van der Waals surface area contributed by atoms with E-state index in [4.69, 9.17) is 4.74 Å². The average Bonchev–Trinajstić information content (AvgIpc) is 2.54. The van der Waals surface area contributed by atoms with Gasteiger partial charge in [0.2, 0.25) is 11.8 Å². The summed E-state index contributed by atoms with van der Waals surface area (Å²) in [5.41, 5.74) is 0. The summed E-state index contributed by atoms with van der Waals surface area (Å²) in [7, 11) is 0. The van der Waals surface area contributed by atoms with Gasteiger partial charge in [0.15, 0.2) is 0 Å². The molecule has 0 aliphatic carbocycles. The Kier molecular flexibility index (Phi) is 6.19. The molecule has 1 aliphatic heterocycles. The van der Waals surface area contributed by atoms with E-state index in [2.05, 4.69) is 6.92 Å². The number of amides is 2. The molecule has 1 heterocycles. The van der Waals surface area contributed by atoms with Crippen LogP contribution in [0, 0.1) is 5.92 Å². The average molecular weight is 241 g/mol. The van der Waals surface area contributed by atoms with Crippen LogP contribution in [0.25, 0.3) is 0 Å². The quantitative estimate of drug-likeness (QED) is 0.482. The molecular formula is C13H23NO3. The van der Waals surface area contributed by atoms with Gasteiger partial charge in [-0.1, -0.05) is 13.8 Å². The van der Waals surface area contributed by atoms with Gasteiger partial charge in [0.1, 0.15) is 0 Å². The Bertz CT molecular complexity index is 265. The second-order valence-electron chi connectivity index (χ2n) is 4.66. The summed E-state index contributed by atoms with van der Waals surface area (Å²) >= 11 is 0. The molecule has 1 atom stereocenters. The molecule has 0 radical (unpaired) electrons. The van der Waals surface area contributed by atoms with E-state index in [1.54, 1.807) is 0 Å². The third-order valence-corrected chi connectivity index (χ3v) is 2.99. The highest BCUT2D eigenvalue weighted by Crippen LogP contribution is 2.19. The fraction of sp³-hybridized carbons (Fsp3) is 0.846. The SMILES string of the molecule is CCCOCCCCCN1C(=O)CC(C)C1=O. The Morgan fingerprint density at radius 3 is 2.59 bits per heavy atom. The van der Waals surface area contributed by atoms with Gasteiger partial charge in [0.25, 0.3) is 0 Å². The summed E-state index contributed by atoms with van der Waals surface area (Å²) in [5.74, 6) is -0.127.